The molecule has 1 saturated carbocycles. The van der Waals surface area contributed by atoms with Crippen LogP contribution in [0.15, 0.2) is 85.5 Å². The van der Waals surface area contributed by atoms with Crippen molar-refractivity contribution >= 4 is 12.1 Å². The lowest BCUT2D eigenvalue weighted by Crippen LogP contribution is -2.52. The van der Waals surface area contributed by atoms with Crippen molar-refractivity contribution in [3.63, 3.8) is 0 Å². The summed E-state index contributed by atoms with van der Waals surface area (Å²) in [7, 11) is 0. The summed E-state index contributed by atoms with van der Waals surface area (Å²) in [6.45, 7) is -0.450. The third kappa shape index (κ3) is 16.6. The molecule has 5 rings (SSSR count). The van der Waals surface area contributed by atoms with E-state index < -0.39 is 155 Å². The molecule has 1 aliphatic rings. The molecule has 8 nitrogen and oxygen atoms in total. The molecule has 0 bridgehead atoms. The third-order valence-electron chi connectivity index (χ3n) is 10.5. The number of alkyl halides is 19. The molecule has 0 unspecified atom stereocenters. The summed E-state index contributed by atoms with van der Waals surface area (Å²) in [4.78, 5) is 24.9. The van der Waals surface area contributed by atoms with E-state index in [4.69, 9.17) is 0 Å². The number of carbonyl (C=O) groups excluding carboxylic acids is 2. The van der Waals surface area contributed by atoms with E-state index >= 15 is 0 Å². The van der Waals surface area contributed by atoms with Gasteiger partial charge in [0, 0.05) is 12.1 Å². The minimum atomic E-state index is -5.33. The second kappa shape index (κ2) is 23.6. The first-order valence-corrected chi connectivity index (χ1v) is 21.0. The number of benzene rings is 4. The second-order valence-electron chi connectivity index (χ2n) is 16.3. The van der Waals surface area contributed by atoms with Gasteiger partial charge in [0.1, 0.15) is 47.9 Å². The summed E-state index contributed by atoms with van der Waals surface area (Å²) >= 11 is 0. The Morgan fingerprint density at radius 2 is 0.987 bits per heavy atom. The first kappa shape index (κ1) is 61.7. The van der Waals surface area contributed by atoms with Crippen molar-refractivity contribution in [2.24, 2.45) is 5.92 Å². The van der Waals surface area contributed by atoms with Crippen LogP contribution in [0.4, 0.5) is 111 Å². The van der Waals surface area contributed by atoms with Crippen LogP contribution in [0.3, 0.4) is 0 Å². The summed E-state index contributed by atoms with van der Waals surface area (Å²) in [5.74, 6) is -8.75. The highest BCUT2D eigenvalue weighted by Crippen LogP contribution is 2.47. The highest BCUT2D eigenvalue weighted by Gasteiger charge is 2.48. The molecule has 2 atom stereocenters. The molecule has 0 radical (unpaired) electrons. The number of nitrogens with one attached hydrogen (secondary N) is 4. The fourth-order valence-corrected chi connectivity index (χ4v) is 7.13. The molecule has 0 saturated heterocycles. The summed E-state index contributed by atoms with van der Waals surface area (Å²) in [5, 5.41) is 6.93. The lowest BCUT2D eigenvalue weighted by Gasteiger charge is -2.37. The normalized spacial score (nSPS) is 15.0. The van der Waals surface area contributed by atoms with Gasteiger partial charge in [-0.05, 0) is 89.5 Å². The van der Waals surface area contributed by atoms with Crippen molar-refractivity contribution in [3.8, 4) is 11.5 Å². The molecule has 1 aliphatic carbocycles. The number of amides is 4. The molecule has 420 valence electrons. The molecule has 4 aromatic carbocycles. The Hall–Kier alpha value is -6.85. The number of halogens is 23. The Labute approximate surface area is 412 Å². The summed E-state index contributed by atoms with van der Waals surface area (Å²) < 4.78 is 312. The minimum Gasteiger partial charge on any atom is -0.428 e. The zero-order chi connectivity index (χ0) is 57.6. The molecule has 4 N–H and O–H groups in total. The Kier molecular flexibility index (Phi) is 19.1. The average Bonchev–Trinajstić information content (AvgIpc) is 4.10. The Balaban J connectivity index is 0.000000328. The van der Waals surface area contributed by atoms with E-state index in [1.807, 2.05) is 5.32 Å². The van der Waals surface area contributed by atoms with Crippen molar-refractivity contribution in [2.45, 2.75) is 86.8 Å². The Bertz CT molecular complexity index is 2680. The Morgan fingerprint density at radius 1 is 0.566 bits per heavy atom. The molecule has 0 aromatic heterocycles. The van der Waals surface area contributed by atoms with E-state index in [9.17, 15) is 111 Å². The summed E-state index contributed by atoms with van der Waals surface area (Å²) in [5.41, 5.74) is -10.2. The highest BCUT2D eigenvalue weighted by molar-refractivity contribution is 5.77. The average molecular weight is 1130 g/mol. The predicted octanol–water partition coefficient (Wildman–Crippen LogP) is 13.9. The van der Waals surface area contributed by atoms with E-state index in [1.54, 1.807) is 0 Å². The number of carbonyl (C=O) groups is 2. The van der Waals surface area contributed by atoms with E-state index in [0.717, 1.165) is 12.1 Å². The maximum absolute atomic E-state index is 14.5. The number of hydrogen-bond acceptors (Lipinski definition) is 4. The monoisotopic (exact) mass is 1130 g/mol. The van der Waals surface area contributed by atoms with Gasteiger partial charge in [0.2, 0.25) is 0 Å². The van der Waals surface area contributed by atoms with Crippen LogP contribution in [0.2, 0.25) is 0 Å². The molecule has 1 fully saturated rings. The minimum absolute atomic E-state index is 0.141. The molecule has 76 heavy (non-hydrogen) atoms. The van der Waals surface area contributed by atoms with E-state index in [2.05, 4.69) is 21.4 Å². The largest absolute Gasteiger partial charge is 0.461 e. The molecule has 4 amide bonds. The van der Waals surface area contributed by atoms with Crippen LogP contribution < -0.4 is 30.7 Å². The first-order valence-electron chi connectivity index (χ1n) is 21.0. The zero-order valence-corrected chi connectivity index (χ0v) is 37.6. The highest BCUT2D eigenvalue weighted by atomic mass is 19.4. The summed E-state index contributed by atoms with van der Waals surface area (Å²) in [6.07, 6.45) is -36.7. The van der Waals surface area contributed by atoms with Gasteiger partial charge < -0.3 is 30.7 Å². The van der Waals surface area contributed by atoms with E-state index in [0.29, 0.717) is 61.4 Å². The molecule has 0 spiro atoms. The van der Waals surface area contributed by atoms with Gasteiger partial charge in [0.15, 0.2) is 0 Å². The van der Waals surface area contributed by atoms with Gasteiger partial charge in [-0.3, -0.25) is 0 Å². The lowest BCUT2D eigenvalue weighted by atomic mass is 9.77. The number of urea groups is 2. The van der Waals surface area contributed by atoms with Gasteiger partial charge >= 0.3 is 55.7 Å². The van der Waals surface area contributed by atoms with Gasteiger partial charge in [-0.1, -0.05) is 31.1 Å². The standard InChI is InChI=1S/C23H19F11N2O2.C22H16F12N2O2/c24-14-5-13(6-15(8-14)38-23(33,34)19(28)29)21(9-11-1-2-11,36-20(37)35-10-22(30,31)32)12-3-4-17(25)16(7-12)18(26)27;1-2-5-19(36-18(37)35-10-20(27,28)29,11-3-4-16(24)15(8-11)21(30,31)32)12-6-13(23)9-14(7-12)38-22(33,34)17(25)26/h3-8,11,18-19H,1-2,9-10H2,(H2,35,36,37);2-4,6-9,17H,1,5,10H2,(H2,35,36,37)/t21-;19-/m11/s1. The molecule has 31 heteroatoms. The van der Waals surface area contributed by atoms with Gasteiger partial charge in [-0.15, -0.1) is 6.58 Å². The van der Waals surface area contributed by atoms with Crippen LogP contribution in [-0.4, -0.2) is 62.6 Å². The predicted molar refractivity (Wildman–Crippen MR) is 218 cm³/mol. The third-order valence-corrected chi connectivity index (χ3v) is 10.5. The topological polar surface area (TPSA) is 101 Å². The van der Waals surface area contributed by atoms with Crippen molar-refractivity contribution in [3.05, 3.63) is 142 Å². The quantitative estimate of drug-likeness (QED) is 0.0555. The lowest BCUT2D eigenvalue weighted by molar-refractivity contribution is -0.253. The fraction of sp³-hybridized carbons (Fsp3) is 0.378. The SMILES string of the molecule is C=CC[C@](NC(=O)NCC(F)(F)F)(c1cc(F)cc(OC(F)(F)C(F)F)c1)c1ccc(F)c(C(F)(F)F)c1.O=C(NCC(F)(F)F)N[C@@](CC1CC1)(c1cc(F)cc(OC(F)(F)C(F)F)c1)c1ccc(F)c(C(F)F)c1. The van der Waals surface area contributed by atoms with Crippen LogP contribution in [-0.2, 0) is 17.3 Å². The Morgan fingerprint density at radius 3 is 1.38 bits per heavy atom. The van der Waals surface area contributed by atoms with Crippen LogP contribution in [0.25, 0.3) is 0 Å². The number of hydrogen-bond donors (Lipinski definition) is 4. The van der Waals surface area contributed by atoms with Crippen molar-refractivity contribution in [1.29, 1.82) is 0 Å². The first-order chi connectivity index (χ1) is 34.8. The number of ether oxygens (including phenoxy) is 2. The van der Waals surface area contributed by atoms with Crippen molar-refractivity contribution in [2.75, 3.05) is 13.1 Å². The molecular weight excluding hydrogens is 1100 g/mol. The number of rotatable bonds is 19. The maximum atomic E-state index is 14.5. The zero-order valence-electron chi connectivity index (χ0n) is 37.6. The maximum Gasteiger partial charge on any atom is 0.461 e. The summed E-state index contributed by atoms with van der Waals surface area (Å²) in [6, 6.07) is 2.57. The van der Waals surface area contributed by atoms with Crippen LogP contribution >= 0.6 is 0 Å². The van der Waals surface area contributed by atoms with Crippen molar-refractivity contribution < 1.29 is 120 Å². The van der Waals surface area contributed by atoms with Crippen LogP contribution in [0, 0.1) is 29.2 Å². The molecule has 0 aliphatic heterocycles. The molecular formula is C45H35F23N4O4. The van der Waals surface area contributed by atoms with E-state index in [-0.39, 0.29) is 36.1 Å². The van der Waals surface area contributed by atoms with Crippen molar-refractivity contribution in [1.82, 2.24) is 21.3 Å². The molecule has 0 heterocycles. The van der Waals surface area contributed by atoms with Gasteiger partial charge in [0.05, 0.1) is 22.2 Å². The van der Waals surface area contributed by atoms with Crippen LogP contribution in [0.5, 0.6) is 11.5 Å². The van der Waals surface area contributed by atoms with Gasteiger partial charge in [-0.2, -0.15) is 74.6 Å². The van der Waals surface area contributed by atoms with E-state index in [1.165, 1.54) is 10.6 Å². The smallest absolute Gasteiger partial charge is 0.428 e. The van der Waals surface area contributed by atoms with Gasteiger partial charge in [-0.25, -0.2) is 35.9 Å². The fourth-order valence-electron chi connectivity index (χ4n) is 7.13. The van der Waals surface area contributed by atoms with Gasteiger partial charge in [0.25, 0.3) is 6.43 Å². The molecule has 4 aromatic rings. The van der Waals surface area contributed by atoms with Crippen LogP contribution in [0.1, 0.15) is 65.5 Å². The second-order valence-corrected chi connectivity index (χ2v) is 16.3.